The van der Waals surface area contributed by atoms with E-state index in [1.165, 1.54) is 7.11 Å². The Kier molecular flexibility index (Phi) is 3.16. The van der Waals surface area contributed by atoms with Crippen LogP contribution in [0.1, 0.15) is 12.8 Å². The van der Waals surface area contributed by atoms with Gasteiger partial charge in [0.2, 0.25) is 0 Å². The van der Waals surface area contributed by atoms with Gasteiger partial charge < -0.3 is 9.84 Å². The first kappa shape index (κ1) is 11.5. The molecule has 0 bridgehead atoms. The zero-order valence-electron chi connectivity index (χ0n) is 8.02. The summed E-state index contributed by atoms with van der Waals surface area (Å²) in [6, 6.07) is 0. The lowest BCUT2D eigenvalue weighted by Crippen LogP contribution is -2.30. The first-order valence-electron chi connectivity index (χ1n) is 4.30. The maximum atomic E-state index is 11.3. The quantitative estimate of drug-likeness (QED) is 0.719. The summed E-state index contributed by atoms with van der Waals surface area (Å²) < 4.78 is 27.4. The fourth-order valence-electron chi connectivity index (χ4n) is 1.91. The molecule has 0 aliphatic carbocycles. The molecular formula is C8H14O5S. The molecule has 14 heavy (non-hydrogen) atoms. The summed E-state index contributed by atoms with van der Waals surface area (Å²) >= 11 is 0. The number of methoxy groups -OCH3 is 1. The van der Waals surface area contributed by atoms with Gasteiger partial charge in [-0.15, -0.1) is 0 Å². The topological polar surface area (TPSA) is 80.7 Å². The van der Waals surface area contributed by atoms with E-state index in [9.17, 15) is 13.2 Å². The molecule has 6 heteroatoms. The Balaban J connectivity index is 2.80. The van der Waals surface area contributed by atoms with Crippen LogP contribution in [-0.4, -0.2) is 44.7 Å². The lowest BCUT2D eigenvalue weighted by molar-refractivity contribution is -0.140. The third kappa shape index (κ3) is 2.68. The van der Waals surface area contributed by atoms with Crippen LogP contribution < -0.4 is 0 Å². The Labute approximate surface area is 83.0 Å². The number of aliphatic carboxylic acids is 1. The summed E-state index contributed by atoms with van der Waals surface area (Å²) in [7, 11) is -1.61. The van der Waals surface area contributed by atoms with Crippen molar-refractivity contribution in [3.63, 3.8) is 0 Å². The second-order valence-electron chi connectivity index (χ2n) is 3.85. The summed E-state index contributed by atoms with van der Waals surface area (Å²) in [5, 5.41) is 8.69. The van der Waals surface area contributed by atoms with E-state index in [1.54, 1.807) is 0 Å². The van der Waals surface area contributed by atoms with E-state index >= 15 is 0 Å². The number of carbonyl (C=O) groups is 1. The van der Waals surface area contributed by atoms with Crippen molar-refractivity contribution in [3.05, 3.63) is 0 Å². The fourth-order valence-corrected chi connectivity index (χ4v) is 4.07. The molecule has 1 atom stereocenters. The second-order valence-corrected chi connectivity index (χ2v) is 6.03. The molecule has 5 nitrogen and oxygen atoms in total. The highest BCUT2D eigenvalue weighted by atomic mass is 32.2. The molecule has 0 aromatic rings. The Morgan fingerprint density at radius 3 is 2.57 bits per heavy atom. The van der Waals surface area contributed by atoms with E-state index in [-0.39, 0.29) is 24.5 Å². The van der Waals surface area contributed by atoms with Crippen LogP contribution in [0.5, 0.6) is 0 Å². The van der Waals surface area contributed by atoms with Gasteiger partial charge in [-0.2, -0.15) is 0 Å². The van der Waals surface area contributed by atoms with Crippen LogP contribution in [0.3, 0.4) is 0 Å². The molecule has 0 aromatic carbocycles. The highest BCUT2D eigenvalue weighted by Gasteiger charge is 2.43. The van der Waals surface area contributed by atoms with Gasteiger partial charge in [-0.3, -0.25) is 4.79 Å². The number of hydrogen-bond acceptors (Lipinski definition) is 4. The summed E-state index contributed by atoms with van der Waals surface area (Å²) in [4.78, 5) is 10.6. The number of sulfone groups is 1. The van der Waals surface area contributed by atoms with Crippen LogP contribution in [-0.2, 0) is 19.4 Å². The van der Waals surface area contributed by atoms with Crippen LogP contribution in [0.2, 0.25) is 0 Å². The van der Waals surface area contributed by atoms with Crippen molar-refractivity contribution in [2.45, 2.75) is 12.8 Å². The van der Waals surface area contributed by atoms with Crippen LogP contribution in [0, 0.1) is 5.41 Å². The van der Waals surface area contributed by atoms with Gasteiger partial charge in [0.05, 0.1) is 24.5 Å². The molecule has 0 amide bonds. The van der Waals surface area contributed by atoms with Gasteiger partial charge in [-0.05, 0) is 6.42 Å². The summed E-state index contributed by atoms with van der Waals surface area (Å²) in [5.74, 6) is -0.969. The Morgan fingerprint density at radius 1 is 1.57 bits per heavy atom. The van der Waals surface area contributed by atoms with Gasteiger partial charge in [0, 0.05) is 12.5 Å². The molecule has 1 rings (SSSR count). The van der Waals surface area contributed by atoms with E-state index in [0.717, 1.165) is 0 Å². The van der Waals surface area contributed by atoms with Crippen LogP contribution in [0.15, 0.2) is 0 Å². The molecule has 82 valence electrons. The van der Waals surface area contributed by atoms with E-state index in [1.807, 2.05) is 0 Å². The maximum absolute atomic E-state index is 11.3. The van der Waals surface area contributed by atoms with Crippen molar-refractivity contribution in [1.29, 1.82) is 0 Å². The largest absolute Gasteiger partial charge is 0.481 e. The zero-order chi connectivity index (χ0) is 10.8. The van der Waals surface area contributed by atoms with E-state index in [0.29, 0.717) is 6.42 Å². The van der Waals surface area contributed by atoms with Gasteiger partial charge in [0.1, 0.15) is 0 Å². The van der Waals surface area contributed by atoms with Crippen molar-refractivity contribution in [3.8, 4) is 0 Å². The lowest BCUT2D eigenvalue weighted by atomic mass is 9.85. The molecule has 1 aliphatic rings. The third-order valence-corrected chi connectivity index (χ3v) is 4.32. The van der Waals surface area contributed by atoms with Crippen LogP contribution in [0.4, 0.5) is 0 Å². The summed E-state index contributed by atoms with van der Waals surface area (Å²) in [6.07, 6.45) is 0.246. The molecule has 0 spiro atoms. The van der Waals surface area contributed by atoms with E-state index in [2.05, 4.69) is 0 Å². The minimum atomic E-state index is -3.07. The van der Waals surface area contributed by atoms with E-state index in [4.69, 9.17) is 9.84 Å². The molecule has 0 radical (unpaired) electrons. The Bertz CT molecular complexity index is 321. The zero-order valence-corrected chi connectivity index (χ0v) is 8.84. The molecular weight excluding hydrogens is 208 g/mol. The predicted molar refractivity (Wildman–Crippen MR) is 49.8 cm³/mol. The van der Waals surface area contributed by atoms with E-state index < -0.39 is 21.2 Å². The fraction of sp³-hybridized carbons (Fsp3) is 0.875. The van der Waals surface area contributed by atoms with Crippen LogP contribution in [0.25, 0.3) is 0 Å². The second kappa shape index (κ2) is 3.86. The maximum Gasteiger partial charge on any atom is 0.304 e. The normalized spacial score (nSPS) is 30.4. The smallest absolute Gasteiger partial charge is 0.304 e. The highest BCUT2D eigenvalue weighted by molar-refractivity contribution is 7.91. The Morgan fingerprint density at radius 2 is 2.21 bits per heavy atom. The minimum absolute atomic E-state index is 0.0693. The van der Waals surface area contributed by atoms with Crippen molar-refractivity contribution in [1.82, 2.24) is 0 Å². The first-order chi connectivity index (χ1) is 6.39. The molecule has 0 saturated carbocycles. The monoisotopic (exact) mass is 222 g/mol. The number of carboxylic acids is 1. The van der Waals surface area contributed by atoms with Crippen molar-refractivity contribution in [2.75, 3.05) is 25.2 Å². The minimum Gasteiger partial charge on any atom is -0.481 e. The highest BCUT2D eigenvalue weighted by Crippen LogP contribution is 2.35. The number of rotatable bonds is 4. The summed E-state index contributed by atoms with van der Waals surface area (Å²) in [6.45, 7) is 0.193. The van der Waals surface area contributed by atoms with Gasteiger partial charge in [-0.25, -0.2) is 8.42 Å². The van der Waals surface area contributed by atoms with Crippen LogP contribution >= 0.6 is 0 Å². The van der Waals surface area contributed by atoms with Crippen molar-refractivity contribution >= 4 is 15.8 Å². The van der Waals surface area contributed by atoms with Gasteiger partial charge in [0.15, 0.2) is 9.84 Å². The predicted octanol–water partition coefficient (Wildman–Crippen LogP) is -0.0876. The van der Waals surface area contributed by atoms with Gasteiger partial charge >= 0.3 is 5.97 Å². The third-order valence-electron chi connectivity index (χ3n) is 2.45. The number of carboxylic acid groups (broad SMARTS) is 1. The SMILES string of the molecule is COCC1(CC(=O)O)CCS(=O)(=O)C1. The molecule has 1 saturated heterocycles. The standard InChI is InChI=1S/C8H14O5S/c1-13-5-8(4-7(9)10)2-3-14(11,12)6-8/h2-6H2,1H3,(H,9,10). The molecule has 1 aliphatic heterocycles. The molecule has 1 unspecified atom stereocenters. The first-order valence-corrected chi connectivity index (χ1v) is 6.12. The average molecular weight is 222 g/mol. The van der Waals surface area contributed by atoms with Gasteiger partial charge in [-0.1, -0.05) is 0 Å². The molecule has 1 N–H and O–H groups in total. The number of ether oxygens (including phenoxy) is 1. The summed E-state index contributed by atoms with van der Waals surface area (Å²) in [5.41, 5.74) is -0.709. The Hall–Kier alpha value is -0.620. The number of hydrogen-bond donors (Lipinski definition) is 1. The molecule has 1 heterocycles. The molecule has 0 aromatic heterocycles. The lowest BCUT2D eigenvalue weighted by Gasteiger charge is -2.24. The van der Waals surface area contributed by atoms with Crippen molar-refractivity contribution < 1.29 is 23.1 Å². The molecule has 1 fully saturated rings. The van der Waals surface area contributed by atoms with Gasteiger partial charge in [0.25, 0.3) is 0 Å². The van der Waals surface area contributed by atoms with Crippen molar-refractivity contribution in [2.24, 2.45) is 5.41 Å². The average Bonchev–Trinajstić information content (AvgIpc) is 2.26.